The van der Waals surface area contributed by atoms with Crippen LogP contribution in [0.2, 0.25) is 0 Å². The van der Waals surface area contributed by atoms with Crippen molar-refractivity contribution in [1.82, 2.24) is 0 Å². The number of anilines is 1. The van der Waals surface area contributed by atoms with E-state index in [0.717, 1.165) is 50.0 Å². The summed E-state index contributed by atoms with van der Waals surface area (Å²) in [4.78, 5) is 13.8. The molecule has 0 unspecified atom stereocenters. The molecular formula is C21H31F3N2O2. The smallest absolute Gasteiger partial charge is 0.416 e. The summed E-state index contributed by atoms with van der Waals surface area (Å²) >= 11 is 0. The van der Waals surface area contributed by atoms with Gasteiger partial charge in [-0.1, -0.05) is 0 Å². The van der Waals surface area contributed by atoms with Crippen molar-refractivity contribution in [1.29, 1.82) is 0 Å². The molecule has 0 bridgehead atoms. The summed E-state index contributed by atoms with van der Waals surface area (Å²) < 4.78 is 44.0. The highest BCUT2D eigenvalue weighted by molar-refractivity contribution is 5.69. The summed E-state index contributed by atoms with van der Waals surface area (Å²) in [6.07, 6.45) is 0.110. The van der Waals surface area contributed by atoms with E-state index in [1.165, 1.54) is 0 Å². The van der Waals surface area contributed by atoms with E-state index >= 15 is 0 Å². The minimum absolute atomic E-state index is 0.0715. The Hall–Kier alpha value is -1.76. The SMILES string of the molecule is CCOC(=O)CC1CCC(CN(CC)c2ccc(C(F)(F)F)cc2CN)CC1. The number of hydrogen-bond acceptors (Lipinski definition) is 4. The van der Waals surface area contributed by atoms with Crippen LogP contribution in [-0.4, -0.2) is 25.7 Å². The number of rotatable bonds is 8. The van der Waals surface area contributed by atoms with Crippen molar-refractivity contribution >= 4 is 11.7 Å². The highest BCUT2D eigenvalue weighted by atomic mass is 19.4. The molecule has 2 N–H and O–H groups in total. The maximum atomic E-state index is 13.0. The van der Waals surface area contributed by atoms with Gasteiger partial charge >= 0.3 is 12.1 Å². The first-order valence-electron chi connectivity index (χ1n) is 10.1. The molecule has 2 rings (SSSR count). The third-order valence-electron chi connectivity index (χ3n) is 5.55. The maximum absolute atomic E-state index is 13.0. The molecule has 1 aromatic rings. The molecule has 0 spiro atoms. The molecule has 1 aromatic carbocycles. The van der Waals surface area contributed by atoms with Crippen LogP contribution in [0.1, 0.15) is 57.1 Å². The van der Waals surface area contributed by atoms with Gasteiger partial charge in [0.2, 0.25) is 0 Å². The predicted molar refractivity (Wildman–Crippen MR) is 104 cm³/mol. The second-order valence-corrected chi connectivity index (χ2v) is 7.48. The summed E-state index contributed by atoms with van der Waals surface area (Å²) in [6, 6.07) is 3.84. The van der Waals surface area contributed by atoms with Crippen molar-refractivity contribution in [3.8, 4) is 0 Å². The van der Waals surface area contributed by atoms with Crippen LogP contribution in [-0.2, 0) is 22.3 Å². The van der Waals surface area contributed by atoms with Gasteiger partial charge in [-0.3, -0.25) is 4.79 Å². The van der Waals surface area contributed by atoms with Gasteiger partial charge in [0.25, 0.3) is 0 Å². The molecule has 0 saturated heterocycles. The van der Waals surface area contributed by atoms with Crippen LogP contribution in [0.15, 0.2) is 18.2 Å². The quantitative estimate of drug-likeness (QED) is 0.640. The zero-order valence-electron chi connectivity index (χ0n) is 16.7. The third-order valence-corrected chi connectivity index (χ3v) is 5.55. The number of carbonyl (C=O) groups is 1. The fraction of sp³-hybridized carbons (Fsp3) is 0.667. The Morgan fingerprint density at radius 3 is 2.36 bits per heavy atom. The Kier molecular flexibility index (Phi) is 8.16. The van der Waals surface area contributed by atoms with Gasteiger partial charge in [0.05, 0.1) is 12.2 Å². The van der Waals surface area contributed by atoms with Gasteiger partial charge < -0.3 is 15.4 Å². The highest BCUT2D eigenvalue weighted by Crippen LogP contribution is 2.35. The van der Waals surface area contributed by atoms with Crippen molar-refractivity contribution in [2.75, 3.05) is 24.6 Å². The zero-order valence-corrected chi connectivity index (χ0v) is 16.7. The first kappa shape index (κ1) is 22.5. The van der Waals surface area contributed by atoms with Crippen LogP contribution >= 0.6 is 0 Å². The third kappa shape index (κ3) is 6.12. The monoisotopic (exact) mass is 400 g/mol. The number of nitrogens with two attached hydrogens (primary N) is 1. The van der Waals surface area contributed by atoms with Crippen LogP contribution in [0, 0.1) is 11.8 Å². The summed E-state index contributed by atoms with van der Waals surface area (Å²) in [7, 11) is 0. The summed E-state index contributed by atoms with van der Waals surface area (Å²) in [5.41, 5.74) is 6.38. The number of hydrogen-bond donors (Lipinski definition) is 1. The molecule has 0 radical (unpaired) electrons. The molecule has 1 fully saturated rings. The van der Waals surface area contributed by atoms with E-state index in [-0.39, 0.29) is 12.5 Å². The van der Waals surface area contributed by atoms with Crippen molar-refractivity contribution in [2.45, 2.75) is 58.7 Å². The number of carbonyl (C=O) groups excluding carboxylic acids is 1. The minimum atomic E-state index is -4.36. The van der Waals surface area contributed by atoms with Gasteiger partial charge in [0.15, 0.2) is 0 Å². The van der Waals surface area contributed by atoms with Crippen molar-refractivity contribution in [3.63, 3.8) is 0 Å². The topological polar surface area (TPSA) is 55.6 Å². The lowest BCUT2D eigenvalue weighted by atomic mass is 9.80. The molecule has 1 saturated carbocycles. The largest absolute Gasteiger partial charge is 0.466 e. The van der Waals surface area contributed by atoms with Crippen molar-refractivity contribution in [3.05, 3.63) is 29.3 Å². The fourth-order valence-electron chi connectivity index (χ4n) is 4.02. The van der Waals surface area contributed by atoms with Crippen LogP contribution in [0.25, 0.3) is 0 Å². The number of esters is 1. The number of alkyl halides is 3. The number of ether oxygens (including phenoxy) is 1. The molecule has 0 amide bonds. The van der Waals surface area contributed by atoms with E-state index in [2.05, 4.69) is 4.90 Å². The summed E-state index contributed by atoms with van der Waals surface area (Å²) in [5, 5.41) is 0. The van der Waals surface area contributed by atoms with Crippen molar-refractivity contribution < 1.29 is 22.7 Å². The van der Waals surface area contributed by atoms with Crippen LogP contribution in [0.4, 0.5) is 18.9 Å². The minimum Gasteiger partial charge on any atom is -0.466 e. The lowest BCUT2D eigenvalue weighted by molar-refractivity contribution is -0.144. The molecule has 1 aliphatic carbocycles. The zero-order chi connectivity index (χ0) is 20.7. The Labute approximate surface area is 165 Å². The molecular weight excluding hydrogens is 369 g/mol. The summed E-state index contributed by atoms with van der Waals surface area (Å²) in [6.45, 7) is 5.80. The standard InChI is InChI=1S/C21H31F3N2O2/c1-3-26(19-10-9-18(21(22,23)24)12-17(19)13-25)14-16-7-5-15(6-8-16)11-20(27)28-4-2/h9-10,12,15-16H,3-8,11,13-14,25H2,1-2H3. The van der Waals surface area contributed by atoms with E-state index in [0.29, 0.717) is 37.0 Å². The van der Waals surface area contributed by atoms with Crippen LogP contribution in [0.5, 0.6) is 0 Å². The highest BCUT2D eigenvalue weighted by Gasteiger charge is 2.31. The van der Waals surface area contributed by atoms with Gasteiger partial charge in [-0.25, -0.2) is 0 Å². The van der Waals surface area contributed by atoms with E-state index in [9.17, 15) is 18.0 Å². The number of halogens is 3. The van der Waals surface area contributed by atoms with Crippen LogP contribution < -0.4 is 10.6 Å². The van der Waals surface area contributed by atoms with Gasteiger partial charge in [0.1, 0.15) is 0 Å². The van der Waals surface area contributed by atoms with Gasteiger partial charge in [0, 0.05) is 31.7 Å². The van der Waals surface area contributed by atoms with Gasteiger partial charge in [-0.15, -0.1) is 0 Å². The molecule has 0 heterocycles. The number of benzene rings is 1. The fourth-order valence-corrected chi connectivity index (χ4v) is 4.02. The summed E-state index contributed by atoms with van der Waals surface area (Å²) in [5.74, 6) is 0.709. The molecule has 28 heavy (non-hydrogen) atoms. The molecule has 1 aliphatic rings. The molecule has 7 heteroatoms. The Morgan fingerprint density at radius 1 is 1.18 bits per heavy atom. The molecule has 4 nitrogen and oxygen atoms in total. The van der Waals surface area contributed by atoms with E-state index in [1.807, 2.05) is 13.8 Å². The first-order valence-corrected chi connectivity index (χ1v) is 10.1. The van der Waals surface area contributed by atoms with E-state index in [1.54, 1.807) is 6.07 Å². The van der Waals surface area contributed by atoms with E-state index in [4.69, 9.17) is 10.5 Å². The average Bonchev–Trinajstić information content (AvgIpc) is 2.66. The van der Waals surface area contributed by atoms with Crippen LogP contribution in [0.3, 0.4) is 0 Å². The molecule has 0 aliphatic heterocycles. The lowest BCUT2D eigenvalue weighted by Crippen LogP contribution is -2.32. The molecule has 158 valence electrons. The maximum Gasteiger partial charge on any atom is 0.416 e. The molecule has 0 atom stereocenters. The van der Waals surface area contributed by atoms with Gasteiger partial charge in [-0.2, -0.15) is 13.2 Å². The van der Waals surface area contributed by atoms with Crippen molar-refractivity contribution in [2.24, 2.45) is 17.6 Å². The second-order valence-electron chi connectivity index (χ2n) is 7.48. The normalized spacial score (nSPS) is 20.1. The Morgan fingerprint density at radius 2 is 1.82 bits per heavy atom. The Bertz CT molecular complexity index is 641. The predicted octanol–water partition coefficient (Wildman–Crippen LogP) is 4.75. The first-order chi connectivity index (χ1) is 13.3. The lowest BCUT2D eigenvalue weighted by Gasteiger charge is -2.34. The number of nitrogens with zero attached hydrogens (tertiary/aromatic N) is 1. The van der Waals surface area contributed by atoms with Gasteiger partial charge in [-0.05, 0) is 75.1 Å². The second kappa shape index (κ2) is 10.1. The average molecular weight is 400 g/mol. The Balaban J connectivity index is 1.99. The molecule has 0 aromatic heterocycles. The van der Waals surface area contributed by atoms with E-state index < -0.39 is 11.7 Å².